The van der Waals surface area contributed by atoms with Crippen LogP contribution in [0.1, 0.15) is 0 Å². The molecule has 0 saturated carbocycles. The molecule has 1 saturated heterocycles. The van der Waals surface area contributed by atoms with Gasteiger partial charge in [0, 0.05) is 31.9 Å². The van der Waals surface area contributed by atoms with Crippen LogP contribution in [0.3, 0.4) is 0 Å². The van der Waals surface area contributed by atoms with Crippen molar-refractivity contribution in [3.05, 3.63) is 36.7 Å². The minimum absolute atomic E-state index is 0.909. The van der Waals surface area contributed by atoms with Crippen LogP contribution in [0.25, 0.3) is 5.69 Å². The van der Waals surface area contributed by atoms with Crippen LogP contribution in [-0.2, 0) is 0 Å². The maximum Gasteiger partial charge on any atom is 0.195 e. The predicted octanol–water partition coefficient (Wildman–Crippen LogP) is 1.17. The van der Waals surface area contributed by atoms with E-state index in [1.54, 1.807) is 18.1 Å². The van der Waals surface area contributed by atoms with E-state index in [1.807, 2.05) is 41.2 Å². The second-order valence-corrected chi connectivity index (χ2v) is 4.80. The number of thioether (sulfide) groups is 1. The summed E-state index contributed by atoms with van der Waals surface area (Å²) in [6.45, 7) is 4.56. The fraction of sp³-hybridized carbons (Fsp3) is 0.385. The van der Waals surface area contributed by atoms with E-state index in [0.29, 0.717) is 0 Å². The van der Waals surface area contributed by atoms with Crippen LogP contribution in [0.2, 0.25) is 0 Å². The number of hydrogen-bond acceptors (Lipinski definition) is 5. The second kappa shape index (κ2) is 7.93. The van der Waals surface area contributed by atoms with Crippen LogP contribution < -0.4 is 10.6 Å². The summed E-state index contributed by atoms with van der Waals surface area (Å²) in [4.78, 5) is 0. The monoisotopic (exact) mass is 277 g/mol. The van der Waals surface area contributed by atoms with Crippen molar-refractivity contribution in [3.8, 4) is 5.69 Å². The fourth-order valence-corrected chi connectivity index (χ4v) is 2.21. The molecule has 1 aliphatic heterocycles. The van der Waals surface area contributed by atoms with E-state index in [9.17, 15) is 0 Å². The molecule has 1 aromatic carbocycles. The summed E-state index contributed by atoms with van der Waals surface area (Å²) in [5, 5.41) is 15.2. The van der Waals surface area contributed by atoms with E-state index in [1.165, 1.54) is 0 Å². The molecule has 19 heavy (non-hydrogen) atoms. The van der Waals surface area contributed by atoms with Gasteiger partial charge in [-0.05, 0) is 18.4 Å². The van der Waals surface area contributed by atoms with Crippen molar-refractivity contribution in [3.63, 3.8) is 0 Å². The van der Waals surface area contributed by atoms with E-state index in [-0.39, 0.29) is 0 Å². The lowest BCUT2D eigenvalue weighted by molar-refractivity contribution is 0.534. The summed E-state index contributed by atoms with van der Waals surface area (Å²) in [6, 6.07) is 10.1. The molecule has 5 nitrogen and oxygen atoms in total. The topological polar surface area (TPSA) is 54.8 Å². The molecule has 0 unspecified atom stereocenters. The van der Waals surface area contributed by atoms with Gasteiger partial charge in [0.1, 0.15) is 6.33 Å². The Labute approximate surface area is 117 Å². The summed E-state index contributed by atoms with van der Waals surface area (Å²) in [5.41, 5.74) is 1.09. The molecule has 0 amide bonds. The van der Waals surface area contributed by atoms with Gasteiger partial charge in [-0.1, -0.05) is 30.0 Å². The van der Waals surface area contributed by atoms with Crippen LogP contribution in [-0.4, -0.2) is 47.2 Å². The van der Waals surface area contributed by atoms with E-state index in [4.69, 9.17) is 0 Å². The first-order valence-corrected chi connectivity index (χ1v) is 7.55. The molecule has 2 heterocycles. The second-order valence-electron chi connectivity index (χ2n) is 4.02. The first kappa shape index (κ1) is 14.0. The molecular weight excluding hydrogens is 258 g/mol. The van der Waals surface area contributed by atoms with Crippen LogP contribution in [0.4, 0.5) is 0 Å². The average Bonchev–Trinajstić information content (AvgIpc) is 2.99. The number of nitrogens with zero attached hydrogens (tertiary/aromatic N) is 3. The Balaban J connectivity index is 0.000000186. The smallest absolute Gasteiger partial charge is 0.195 e. The number of para-hydroxylation sites is 1. The number of piperazine rings is 1. The van der Waals surface area contributed by atoms with E-state index >= 15 is 0 Å². The molecule has 2 aromatic rings. The number of aromatic nitrogens is 3. The van der Waals surface area contributed by atoms with Gasteiger partial charge < -0.3 is 10.6 Å². The molecule has 0 atom stereocenters. The highest BCUT2D eigenvalue weighted by Gasteiger charge is 2.02. The SMILES string of the molecule is C1CNCCN1.CSc1nncn1-c1ccccc1. The molecular formula is C13H19N5S. The van der Waals surface area contributed by atoms with E-state index in [0.717, 1.165) is 37.0 Å². The highest BCUT2D eigenvalue weighted by Crippen LogP contribution is 2.15. The van der Waals surface area contributed by atoms with Crippen molar-refractivity contribution in [1.82, 2.24) is 25.4 Å². The molecule has 3 rings (SSSR count). The van der Waals surface area contributed by atoms with Gasteiger partial charge in [0.2, 0.25) is 0 Å². The van der Waals surface area contributed by atoms with Crippen LogP contribution in [0.5, 0.6) is 0 Å². The third kappa shape index (κ3) is 4.34. The third-order valence-corrected chi connectivity index (χ3v) is 3.33. The zero-order chi connectivity index (χ0) is 13.3. The molecule has 6 heteroatoms. The van der Waals surface area contributed by atoms with Gasteiger partial charge in [0.15, 0.2) is 5.16 Å². The highest BCUT2D eigenvalue weighted by atomic mass is 32.2. The number of benzene rings is 1. The molecule has 102 valence electrons. The van der Waals surface area contributed by atoms with E-state index in [2.05, 4.69) is 20.8 Å². The zero-order valence-electron chi connectivity index (χ0n) is 11.0. The lowest BCUT2D eigenvalue weighted by atomic mass is 10.3. The Morgan fingerprint density at radius 2 is 1.68 bits per heavy atom. The lowest BCUT2D eigenvalue weighted by Crippen LogP contribution is -2.39. The molecule has 1 aliphatic rings. The lowest BCUT2D eigenvalue weighted by Gasteiger charge is -2.11. The van der Waals surface area contributed by atoms with Gasteiger partial charge in [-0.3, -0.25) is 4.57 Å². The predicted molar refractivity (Wildman–Crippen MR) is 78.9 cm³/mol. The zero-order valence-corrected chi connectivity index (χ0v) is 11.9. The molecule has 0 bridgehead atoms. The van der Waals surface area contributed by atoms with Crippen molar-refractivity contribution in [2.45, 2.75) is 5.16 Å². The van der Waals surface area contributed by atoms with Crippen LogP contribution in [0, 0.1) is 0 Å². The third-order valence-electron chi connectivity index (χ3n) is 2.69. The summed E-state index contributed by atoms with van der Waals surface area (Å²) >= 11 is 1.59. The molecule has 1 aromatic heterocycles. The van der Waals surface area contributed by atoms with Crippen molar-refractivity contribution in [2.75, 3.05) is 32.4 Å². The van der Waals surface area contributed by atoms with E-state index < -0.39 is 0 Å². The van der Waals surface area contributed by atoms with Gasteiger partial charge in [-0.15, -0.1) is 10.2 Å². The summed E-state index contributed by atoms with van der Waals surface area (Å²) in [7, 11) is 0. The molecule has 2 N–H and O–H groups in total. The number of hydrogen-bond donors (Lipinski definition) is 2. The van der Waals surface area contributed by atoms with Crippen molar-refractivity contribution in [2.24, 2.45) is 0 Å². The first-order valence-electron chi connectivity index (χ1n) is 6.32. The normalized spacial score (nSPS) is 14.6. The summed E-state index contributed by atoms with van der Waals surface area (Å²) < 4.78 is 1.96. The van der Waals surface area contributed by atoms with Gasteiger partial charge in [0.05, 0.1) is 0 Å². The quantitative estimate of drug-likeness (QED) is 0.807. The molecule has 0 spiro atoms. The van der Waals surface area contributed by atoms with Gasteiger partial charge in [-0.25, -0.2) is 0 Å². The Bertz CT molecular complexity index is 455. The fourth-order valence-electron chi connectivity index (χ4n) is 1.73. The van der Waals surface area contributed by atoms with Crippen LogP contribution >= 0.6 is 11.8 Å². The average molecular weight is 277 g/mol. The Hall–Kier alpha value is -1.37. The van der Waals surface area contributed by atoms with Gasteiger partial charge in [-0.2, -0.15) is 0 Å². The van der Waals surface area contributed by atoms with Crippen molar-refractivity contribution >= 4 is 11.8 Å². The Morgan fingerprint density at radius 1 is 1.05 bits per heavy atom. The molecule has 1 fully saturated rings. The standard InChI is InChI=1S/C9H9N3S.C4H10N2/c1-13-9-11-10-7-12(9)8-5-3-2-4-6-8;1-2-6-4-3-5-1/h2-7H,1H3;5-6H,1-4H2. The number of nitrogens with one attached hydrogen (secondary N) is 2. The molecule has 0 radical (unpaired) electrons. The summed E-state index contributed by atoms with van der Waals surface area (Å²) in [6.07, 6.45) is 3.71. The minimum atomic E-state index is 0.909. The van der Waals surface area contributed by atoms with Gasteiger partial charge in [0.25, 0.3) is 0 Å². The summed E-state index contributed by atoms with van der Waals surface area (Å²) in [5.74, 6) is 0. The molecule has 0 aliphatic carbocycles. The maximum atomic E-state index is 3.99. The highest BCUT2D eigenvalue weighted by molar-refractivity contribution is 7.98. The van der Waals surface area contributed by atoms with Crippen LogP contribution in [0.15, 0.2) is 41.8 Å². The number of rotatable bonds is 2. The first-order chi connectivity index (χ1) is 9.42. The van der Waals surface area contributed by atoms with Gasteiger partial charge >= 0.3 is 0 Å². The largest absolute Gasteiger partial charge is 0.314 e. The van der Waals surface area contributed by atoms with Crippen molar-refractivity contribution < 1.29 is 0 Å². The minimum Gasteiger partial charge on any atom is -0.314 e. The van der Waals surface area contributed by atoms with Crippen molar-refractivity contribution in [1.29, 1.82) is 0 Å². The maximum absolute atomic E-state index is 3.99. The Kier molecular flexibility index (Phi) is 5.87. The Morgan fingerprint density at radius 3 is 2.21 bits per heavy atom.